The van der Waals surface area contributed by atoms with E-state index >= 15 is 0 Å². The summed E-state index contributed by atoms with van der Waals surface area (Å²) in [7, 11) is 0. The van der Waals surface area contributed by atoms with E-state index in [0.717, 1.165) is 19.3 Å². The van der Waals surface area contributed by atoms with Gasteiger partial charge in [0, 0.05) is 12.1 Å². The van der Waals surface area contributed by atoms with Crippen molar-refractivity contribution in [2.45, 2.75) is 57.4 Å². The van der Waals surface area contributed by atoms with Crippen molar-refractivity contribution in [1.29, 1.82) is 0 Å². The molecule has 1 aromatic rings. The number of benzene rings is 1. The molecule has 0 bridgehead atoms. The van der Waals surface area contributed by atoms with Crippen LogP contribution in [0, 0.1) is 5.82 Å². The number of hydrogen-bond donors (Lipinski definition) is 2. The van der Waals surface area contributed by atoms with E-state index in [9.17, 15) is 18.8 Å². The summed E-state index contributed by atoms with van der Waals surface area (Å²) >= 11 is 0. The van der Waals surface area contributed by atoms with Crippen LogP contribution in [0.15, 0.2) is 24.3 Å². The lowest BCUT2D eigenvalue weighted by Crippen LogP contribution is -2.46. The van der Waals surface area contributed by atoms with Gasteiger partial charge >= 0.3 is 5.97 Å². The van der Waals surface area contributed by atoms with Gasteiger partial charge in [0.25, 0.3) is 5.91 Å². The molecule has 1 atom stereocenters. The number of amides is 2. The minimum absolute atomic E-state index is 0.296. The Morgan fingerprint density at radius 1 is 1.22 bits per heavy atom. The minimum atomic E-state index is -1.05. The number of carbonyl (C=O) groups excluding carboxylic acids is 3. The standard InChI is InChI=1S/C20H27FN2O4/c1-3-12-22-18(25)14(2)23-17(24)13-27-19(26)20(10-6-7-11-20)15-8-4-5-9-16(15)21/h4-5,8-9,14H,3,6-7,10-13H2,1-2H3,(H,22,25)(H,23,24)/t14-/m1/s1. The molecule has 2 amide bonds. The molecule has 0 unspecified atom stereocenters. The second-order valence-corrected chi connectivity index (χ2v) is 6.93. The molecule has 0 radical (unpaired) electrons. The molecule has 1 aromatic carbocycles. The molecule has 2 rings (SSSR count). The van der Waals surface area contributed by atoms with Gasteiger partial charge in [-0.15, -0.1) is 0 Å². The van der Waals surface area contributed by atoms with Crippen LogP contribution in [0.5, 0.6) is 0 Å². The molecule has 0 aliphatic heterocycles. The molecule has 2 N–H and O–H groups in total. The highest BCUT2D eigenvalue weighted by Gasteiger charge is 2.46. The monoisotopic (exact) mass is 378 g/mol. The summed E-state index contributed by atoms with van der Waals surface area (Å²) in [4.78, 5) is 36.5. The zero-order valence-corrected chi connectivity index (χ0v) is 15.8. The largest absolute Gasteiger partial charge is 0.455 e. The van der Waals surface area contributed by atoms with Gasteiger partial charge in [-0.3, -0.25) is 14.4 Å². The first-order chi connectivity index (χ1) is 12.9. The first kappa shape index (κ1) is 20.9. The van der Waals surface area contributed by atoms with Gasteiger partial charge in [-0.05, 0) is 32.3 Å². The number of nitrogens with one attached hydrogen (secondary N) is 2. The number of rotatable bonds is 8. The van der Waals surface area contributed by atoms with Crippen molar-refractivity contribution in [1.82, 2.24) is 10.6 Å². The molecule has 1 fully saturated rings. The van der Waals surface area contributed by atoms with Gasteiger partial charge < -0.3 is 15.4 Å². The van der Waals surface area contributed by atoms with Gasteiger partial charge in [0.1, 0.15) is 11.9 Å². The molecule has 27 heavy (non-hydrogen) atoms. The van der Waals surface area contributed by atoms with Crippen LogP contribution in [0.1, 0.15) is 51.5 Å². The molecule has 7 heteroatoms. The van der Waals surface area contributed by atoms with Crippen LogP contribution < -0.4 is 10.6 Å². The normalized spacial score (nSPS) is 16.4. The van der Waals surface area contributed by atoms with E-state index in [1.165, 1.54) is 6.07 Å². The quantitative estimate of drug-likeness (QED) is 0.680. The van der Waals surface area contributed by atoms with Gasteiger partial charge in [-0.1, -0.05) is 38.0 Å². The van der Waals surface area contributed by atoms with E-state index in [1.54, 1.807) is 25.1 Å². The highest BCUT2D eigenvalue weighted by Crippen LogP contribution is 2.43. The van der Waals surface area contributed by atoms with E-state index in [0.29, 0.717) is 24.9 Å². The minimum Gasteiger partial charge on any atom is -0.455 e. The zero-order valence-electron chi connectivity index (χ0n) is 15.8. The molecule has 0 heterocycles. The summed E-state index contributed by atoms with van der Waals surface area (Å²) in [6, 6.07) is 5.46. The van der Waals surface area contributed by atoms with Gasteiger partial charge in [-0.2, -0.15) is 0 Å². The highest BCUT2D eigenvalue weighted by atomic mass is 19.1. The maximum Gasteiger partial charge on any atom is 0.317 e. The van der Waals surface area contributed by atoms with Gasteiger partial charge in [0.05, 0.1) is 5.41 Å². The molecular weight excluding hydrogens is 351 g/mol. The Balaban J connectivity index is 1.96. The second-order valence-electron chi connectivity index (χ2n) is 6.93. The third kappa shape index (κ3) is 5.05. The number of halogens is 1. The Kier molecular flexibility index (Phi) is 7.33. The molecule has 0 spiro atoms. The lowest BCUT2D eigenvalue weighted by Gasteiger charge is -2.27. The average Bonchev–Trinajstić information content (AvgIpc) is 3.15. The van der Waals surface area contributed by atoms with E-state index in [-0.39, 0.29) is 5.91 Å². The van der Waals surface area contributed by atoms with Crippen LogP contribution >= 0.6 is 0 Å². The van der Waals surface area contributed by atoms with Crippen LogP contribution in [0.25, 0.3) is 0 Å². The number of hydrogen-bond acceptors (Lipinski definition) is 4. The van der Waals surface area contributed by atoms with Crippen molar-refractivity contribution >= 4 is 17.8 Å². The van der Waals surface area contributed by atoms with E-state index in [2.05, 4.69) is 10.6 Å². The molecule has 1 aliphatic carbocycles. The average molecular weight is 378 g/mol. The van der Waals surface area contributed by atoms with E-state index in [1.807, 2.05) is 6.92 Å². The maximum atomic E-state index is 14.3. The molecule has 148 valence electrons. The molecule has 6 nitrogen and oxygen atoms in total. The number of carbonyl (C=O) groups is 3. The van der Waals surface area contributed by atoms with Crippen molar-refractivity contribution in [3.63, 3.8) is 0 Å². The zero-order chi connectivity index (χ0) is 19.9. The van der Waals surface area contributed by atoms with Crippen molar-refractivity contribution in [2.75, 3.05) is 13.2 Å². The topological polar surface area (TPSA) is 84.5 Å². The van der Waals surface area contributed by atoms with Gasteiger partial charge in [-0.25, -0.2) is 4.39 Å². The fraction of sp³-hybridized carbons (Fsp3) is 0.550. The third-order valence-corrected chi connectivity index (χ3v) is 4.89. The third-order valence-electron chi connectivity index (χ3n) is 4.89. The maximum absolute atomic E-state index is 14.3. The number of esters is 1. The summed E-state index contributed by atoms with van der Waals surface area (Å²) in [5.74, 6) is -1.90. The summed E-state index contributed by atoms with van der Waals surface area (Å²) in [5.41, 5.74) is -0.726. The fourth-order valence-electron chi connectivity index (χ4n) is 3.43. The predicted molar refractivity (Wildman–Crippen MR) is 98.4 cm³/mol. The summed E-state index contributed by atoms with van der Waals surface area (Å²) in [6.07, 6.45) is 3.37. The van der Waals surface area contributed by atoms with Crippen LogP contribution in [0.4, 0.5) is 4.39 Å². The highest BCUT2D eigenvalue weighted by molar-refractivity contribution is 5.90. The predicted octanol–water partition coefficient (Wildman–Crippen LogP) is 2.21. The van der Waals surface area contributed by atoms with Crippen LogP contribution in [-0.2, 0) is 24.5 Å². The first-order valence-corrected chi connectivity index (χ1v) is 9.40. The first-order valence-electron chi connectivity index (χ1n) is 9.40. The van der Waals surface area contributed by atoms with E-state index < -0.39 is 35.8 Å². The van der Waals surface area contributed by atoms with Crippen LogP contribution in [0.3, 0.4) is 0 Å². The summed E-state index contributed by atoms with van der Waals surface area (Å²) in [5, 5.41) is 5.17. The van der Waals surface area contributed by atoms with Gasteiger partial charge in [0.2, 0.25) is 5.91 Å². The Labute approximate surface area is 158 Å². The lowest BCUT2D eigenvalue weighted by molar-refractivity contribution is -0.154. The molecule has 1 aliphatic rings. The summed E-state index contributed by atoms with van der Waals surface area (Å²) in [6.45, 7) is 3.51. The molecular formula is C20H27FN2O4. The van der Waals surface area contributed by atoms with Crippen molar-refractivity contribution in [3.05, 3.63) is 35.6 Å². The van der Waals surface area contributed by atoms with Crippen molar-refractivity contribution in [3.8, 4) is 0 Å². The number of ether oxygens (including phenoxy) is 1. The van der Waals surface area contributed by atoms with Crippen LogP contribution in [0.2, 0.25) is 0 Å². The Bertz CT molecular complexity index is 686. The smallest absolute Gasteiger partial charge is 0.317 e. The lowest BCUT2D eigenvalue weighted by atomic mass is 9.78. The summed E-state index contributed by atoms with van der Waals surface area (Å²) < 4.78 is 19.5. The van der Waals surface area contributed by atoms with Gasteiger partial charge in [0.15, 0.2) is 6.61 Å². The molecule has 0 saturated heterocycles. The Hall–Kier alpha value is -2.44. The molecule has 0 aromatic heterocycles. The Morgan fingerprint density at radius 3 is 2.52 bits per heavy atom. The second kappa shape index (κ2) is 9.48. The van der Waals surface area contributed by atoms with Crippen molar-refractivity contribution < 1.29 is 23.5 Å². The van der Waals surface area contributed by atoms with Crippen LogP contribution in [-0.4, -0.2) is 37.0 Å². The SMILES string of the molecule is CCCNC(=O)[C@@H](C)NC(=O)COC(=O)C1(c2ccccc2F)CCCC1. The van der Waals surface area contributed by atoms with E-state index in [4.69, 9.17) is 4.74 Å². The molecule has 1 saturated carbocycles. The fourth-order valence-corrected chi connectivity index (χ4v) is 3.43. The Morgan fingerprint density at radius 2 is 1.89 bits per heavy atom. The van der Waals surface area contributed by atoms with Crippen molar-refractivity contribution in [2.24, 2.45) is 0 Å².